The third-order valence-corrected chi connectivity index (χ3v) is 8.37. The van der Waals surface area contributed by atoms with Crippen LogP contribution in [-0.4, -0.2) is 47.3 Å². The lowest BCUT2D eigenvalue weighted by Crippen LogP contribution is -2.48. The molecule has 29 heavy (non-hydrogen) atoms. The maximum atomic E-state index is 11.2. The Morgan fingerprint density at radius 1 is 1.03 bits per heavy atom. The van der Waals surface area contributed by atoms with Crippen LogP contribution in [0.25, 0.3) is 0 Å². The van der Waals surface area contributed by atoms with E-state index in [4.69, 9.17) is 4.98 Å². The van der Waals surface area contributed by atoms with Crippen LogP contribution in [-0.2, 0) is 0 Å². The highest BCUT2D eigenvalue weighted by Gasteiger charge is 2.50. The van der Waals surface area contributed by atoms with Crippen molar-refractivity contribution >= 4 is 11.8 Å². The summed E-state index contributed by atoms with van der Waals surface area (Å²) in [6, 6.07) is 4.36. The number of pyridine rings is 1. The van der Waals surface area contributed by atoms with Gasteiger partial charge in [-0.1, -0.05) is 27.7 Å². The topological polar surface area (TPSA) is 56.7 Å². The zero-order chi connectivity index (χ0) is 20.8. The molecule has 1 amide bonds. The lowest BCUT2D eigenvalue weighted by Gasteiger charge is -2.56. The van der Waals surface area contributed by atoms with Gasteiger partial charge in [0.25, 0.3) is 0 Å². The van der Waals surface area contributed by atoms with E-state index < -0.39 is 6.09 Å². The quantitative estimate of drug-likeness (QED) is 0.740. The lowest BCUT2D eigenvalue weighted by molar-refractivity contribution is -0.0501. The third kappa shape index (κ3) is 3.97. The predicted octanol–water partition coefficient (Wildman–Crippen LogP) is 5.23. The van der Waals surface area contributed by atoms with Crippen LogP contribution in [0.4, 0.5) is 10.5 Å². The van der Waals surface area contributed by atoms with Gasteiger partial charge in [-0.2, -0.15) is 0 Å². The zero-order valence-electron chi connectivity index (χ0n) is 18.5. The summed E-state index contributed by atoms with van der Waals surface area (Å²) < 4.78 is 0. The minimum absolute atomic E-state index is 0.420. The van der Waals surface area contributed by atoms with Gasteiger partial charge in [0.1, 0.15) is 0 Å². The number of anilines is 1. The maximum Gasteiger partial charge on any atom is 0.407 e. The molecule has 160 valence electrons. The molecule has 2 heterocycles. The van der Waals surface area contributed by atoms with E-state index in [1.54, 1.807) is 0 Å². The average Bonchev–Trinajstić information content (AvgIpc) is 2.71. The smallest absolute Gasteiger partial charge is 0.407 e. The Labute approximate surface area is 175 Å². The molecule has 0 spiro atoms. The van der Waals surface area contributed by atoms with Crippen LogP contribution in [0.15, 0.2) is 18.3 Å². The van der Waals surface area contributed by atoms with Gasteiger partial charge in [-0.3, -0.25) is 4.98 Å². The second-order valence-corrected chi connectivity index (χ2v) is 10.9. The first-order valence-electron chi connectivity index (χ1n) is 11.4. The molecule has 2 aliphatic carbocycles. The molecule has 3 fully saturated rings. The Morgan fingerprint density at radius 3 is 2.34 bits per heavy atom. The SMILES string of the molecule is CC1(C)CCC(C)(C)C2CC(c3cc(N4CCN(C(=O)O)CC4)ccn3)CCC21. The van der Waals surface area contributed by atoms with Crippen LogP contribution in [0.1, 0.15) is 71.4 Å². The molecule has 4 rings (SSSR count). The summed E-state index contributed by atoms with van der Waals surface area (Å²) >= 11 is 0. The molecular formula is C24H37N3O2. The van der Waals surface area contributed by atoms with Crippen LogP contribution in [0.3, 0.4) is 0 Å². The number of hydrogen-bond donors (Lipinski definition) is 1. The first-order valence-corrected chi connectivity index (χ1v) is 11.4. The van der Waals surface area contributed by atoms with Gasteiger partial charge in [-0.15, -0.1) is 0 Å². The van der Waals surface area contributed by atoms with E-state index in [2.05, 4.69) is 44.7 Å². The number of fused-ring (bicyclic) bond motifs is 1. The second kappa shape index (κ2) is 7.48. The molecule has 1 N–H and O–H groups in total. The number of piperazine rings is 1. The number of aromatic nitrogens is 1. The summed E-state index contributed by atoms with van der Waals surface area (Å²) in [5.41, 5.74) is 3.32. The lowest BCUT2D eigenvalue weighted by atomic mass is 9.49. The molecular weight excluding hydrogens is 362 g/mol. The van der Waals surface area contributed by atoms with Gasteiger partial charge in [-0.05, 0) is 66.9 Å². The number of hydrogen-bond acceptors (Lipinski definition) is 3. The molecule has 0 radical (unpaired) electrons. The highest BCUT2D eigenvalue weighted by Crippen LogP contribution is 2.59. The summed E-state index contributed by atoms with van der Waals surface area (Å²) in [4.78, 5) is 19.8. The summed E-state index contributed by atoms with van der Waals surface area (Å²) in [5, 5.41) is 9.18. The van der Waals surface area contributed by atoms with Gasteiger partial charge in [0.2, 0.25) is 0 Å². The molecule has 0 bridgehead atoms. The molecule has 3 atom stereocenters. The monoisotopic (exact) mass is 399 g/mol. The number of carboxylic acid groups (broad SMARTS) is 1. The molecule has 5 nitrogen and oxygen atoms in total. The molecule has 3 unspecified atom stereocenters. The van der Waals surface area contributed by atoms with Crippen molar-refractivity contribution < 1.29 is 9.90 Å². The van der Waals surface area contributed by atoms with E-state index >= 15 is 0 Å². The zero-order valence-corrected chi connectivity index (χ0v) is 18.5. The molecule has 3 aliphatic rings. The van der Waals surface area contributed by atoms with Crippen LogP contribution in [0.5, 0.6) is 0 Å². The van der Waals surface area contributed by atoms with Gasteiger partial charge in [-0.25, -0.2) is 4.79 Å². The Kier molecular flexibility index (Phi) is 5.28. The minimum atomic E-state index is -0.810. The fraction of sp³-hybridized carbons (Fsp3) is 0.750. The van der Waals surface area contributed by atoms with Crippen molar-refractivity contribution in [3.8, 4) is 0 Å². The van der Waals surface area contributed by atoms with E-state index in [1.165, 1.54) is 48.4 Å². The predicted molar refractivity (Wildman–Crippen MR) is 116 cm³/mol. The number of carbonyl (C=O) groups is 1. The van der Waals surface area contributed by atoms with Crippen molar-refractivity contribution in [1.82, 2.24) is 9.88 Å². The molecule has 1 aromatic heterocycles. The first kappa shape index (κ1) is 20.5. The largest absolute Gasteiger partial charge is 0.465 e. The Balaban J connectivity index is 1.49. The minimum Gasteiger partial charge on any atom is -0.465 e. The number of rotatable bonds is 2. The van der Waals surface area contributed by atoms with Crippen molar-refractivity contribution in [2.75, 3.05) is 31.1 Å². The van der Waals surface area contributed by atoms with E-state index in [0.29, 0.717) is 29.8 Å². The normalized spacial score (nSPS) is 31.2. The van der Waals surface area contributed by atoms with Crippen molar-refractivity contribution in [2.45, 2.75) is 65.7 Å². The summed E-state index contributed by atoms with van der Waals surface area (Å²) in [7, 11) is 0. The van der Waals surface area contributed by atoms with Gasteiger partial charge >= 0.3 is 6.09 Å². The third-order valence-electron chi connectivity index (χ3n) is 8.37. The molecule has 1 saturated heterocycles. The maximum absolute atomic E-state index is 11.2. The molecule has 1 aliphatic heterocycles. The Morgan fingerprint density at radius 2 is 1.69 bits per heavy atom. The average molecular weight is 400 g/mol. The molecule has 1 aromatic rings. The van der Waals surface area contributed by atoms with Gasteiger partial charge in [0.15, 0.2) is 0 Å². The fourth-order valence-corrected chi connectivity index (χ4v) is 6.27. The number of amides is 1. The van der Waals surface area contributed by atoms with Crippen molar-refractivity contribution in [3.63, 3.8) is 0 Å². The van der Waals surface area contributed by atoms with Crippen LogP contribution >= 0.6 is 0 Å². The standard InChI is InChI=1S/C24H37N3O2/c1-23(2)8-9-24(3,4)20-15-17(5-6-19(20)23)21-16-18(7-10-25-21)26-11-13-27(14-12-26)22(28)29/h7,10,16-17,19-20H,5-6,8-9,11-15H2,1-4H3,(H,28,29). The summed E-state index contributed by atoms with van der Waals surface area (Å²) in [6.45, 7) is 12.6. The summed E-state index contributed by atoms with van der Waals surface area (Å²) in [5.74, 6) is 2.15. The van der Waals surface area contributed by atoms with E-state index in [9.17, 15) is 9.90 Å². The van der Waals surface area contributed by atoms with E-state index in [1.807, 2.05) is 6.20 Å². The molecule has 0 aromatic carbocycles. The van der Waals surface area contributed by atoms with Crippen LogP contribution in [0.2, 0.25) is 0 Å². The van der Waals surface area contributed by atoms with Gasteiger partial charge in [0, 0.05) is 49.7 Å². The summed E-state index contributed by atoms with van der Waals surface area (Å²) in [6.07, 6.45) is 7.63. The van der Waals surface area contributed by atoms with Crippen molar-refractivity contribution in [3.05, 3.63) is 24.0 Å². The van der Waals surface area contributed by atoms with E-state index in [-0.39, 0.29) is 0 Å². The first-order chi connectivity index (χ1) is 13.7. The highest BCUT2D eigenvalue weighted by atomic mass is 16.4. The van der Waals surface area contributed by atoms with Gasteiger partial charge in [0.05, 0.1) is 0 Å². The number of nitrogens with zero attached hydrogens (tertiary/aromatic N) is 3. The molecule has 5 heteroatoms. The highest BCUT2D eigenvalue weighted by molar-refractivity contribution is 5.65. The van der Waals surface area contributed by atoms with Gasteiger partial charge < -0.3 is 14.9 Å². The Bertz CT molecular complexity index is 752. The second-order valence-electron chi connectivity index (χ2n) is 10.9. The van der Waals surface area contributed by atoms with Crippen molar-refractivity contribution in [2.24, 2.45) is 22.7 Å². The van der Waals surface area contributed by atoms with Crippen LogP contribution in [0, 0.1) is 22.7 Å². The molecule has 2 saturated carbocycles. The van der Waals surface area contributed by atoms with E-state index in [0.717, 1.165) is 24.9 Å². The Hall–Kier alpha value is -1.78. The van der Waals surface area contributed by atoms with Crippen LogP contribution < -0.4 is 4.90 Å². The fourth-order valence-electron chi connectivity index (χ4n) is 6.27. The van der Waals surface area contributed by atoms with Crippen molar-refractivity contribution in [1.29, 1.82) is 0 Å².